The Kier molecular flexibility index (Phi) is 5.01. The summed E-state index contributed by atoms with van der Waals surface area (Å²) >= 11 is 3.24. The number of hydrogen-bond donors (Lipinski definition) is 1. The van der Waals surface area contributed by atoms with Gasteiger partial charge in [-0.15, -0.1) is 11.3 Å². The molecule has 1 N–H and O–H groups in total. The van der Waals surface area contributed by atoms with Gasteiger partial charge in [0.15, 0.2) is 0 Å². The summed E-state index contributed by atoms with van der Waals surface area (Å²) in [6.07, 6.45) is 2.43. The van der Waals surface area contributed by atoms with Crippen LogP contribution < -0.4 is 10.1 Å². The van der Waals surface area contributed by atoms with E-state index in [1.165, 1.54) is 25.9 Å². The summed E-state index contributed by atoms with van der Waals surface area (Å²) in [4.78, 5) is 17.0. The van der Waals surface area contributed by atoms with E-state index in [9.17, 15) is 4.79 Å². The van der Waals surface area contributed by atoms with Gasteiger partial charge in [0.05, 0.1) is 16.2 Å². The number of methoxy groups -OCH3 is 1. The number of carbonyl (C=O) groups excluding carboxylic acids is 1. The number of nitrogens with zero attached hydrogens (tertiary/aromatic N) is 1. The molecular weight excluding hydrogens is 352 g/mol. The number of amides is 1. The zero-order valence-corrected chi connectivity index (χ0v) is 15.9. The third-order valence-electron chi connectivity index (χ3n) is 5.06. The molecule has 1 aromatic heterocycles. The van der Waals surface area contributed by atoms with Crippen LogP contribution in [0.3, 0.4) is 0 Å². The molecule has 3 aliphatic heterocycles. The second kappa shape index (κ2) is 7.40. The first-order chi connectivity index (χ1) is 12.2. The number of fused-ring (bicyclic) bond motifs is 3. The van der Waals surface area contributed by atoms with Crippen LogP contribution in [0.4, 0.5) is 0 Å². The molecule has 0 saturated carbocycles. The van der Waals surface area contributed by atoms with Gasteiger partial charge in [-0.1, -0.05) is 11.8 Å². The minimum absolute atomic E-state index is 0.0744. The zero-order chi connectivity index (χ0) is 17.2. The van der Waals surface area contributed by atoms with Crippen LogP contribution in [0.25, 0.3) is 0 Å². The van der Waals surface area contributed by atoms with Gasteiger partial charge in [0, 0.05) is 17.5 Å². The average Bonchev–Trinajstić information content (AvgIpc) is 3.12. The van der Waals surface area contributed by atoms with Crippen LogP contribution in [0, 0.1) is 5.92 Å². The van der Waals surface area contributed by atoms with E-state index in [1.54, 1.807) is 30.2 Å². The molecule has 4 heterocycles. The SMILES string of the molecule is COc1ccc(Sc2ccc(C(=O)N[C@H]3CN4CCC3CC4)s2)cc1. The number of hydrogen-bond acceptors (Lipinski definition) is 5. The Bertz CT molecular complexity index is 736. The fourth-order valence-electron chi connectivity index (χ4n) is 3.63. The van der Waals surface area contributed by atoms with Crippen molar-refractivity contribution in [1.82, 2.24) is 10.2 Å². The van der Waals surface area contributed by atoms with Crippen LogP contribution >= 0.6 is 23.1 Å². The third kappa shape index (κ3) is 3.86. The first-order valence-corrected chi connectivity index (χ1v) is 10.3. The molecule has 132 valence electrons. The van der Waals surface area contributed by atoms with E-state index in [0.717, 1.165) is 26.3 Å². The lowest BCUT2D eigenvalue weighted by molar-refractivity contribution is 0.0622. The van der Waals surface area contributed by atoms with Crippen molar-refractivity contribution < 1.29 is 9.53 Å². The van der Waals surface area contributed by atoms with Gasteiger partial charge in [-0.05, 0) is 68.2 Å². The summed E-state index contributed by atoms with van der Waals surface area (Å²) in [5.74, 6) is 1.58. The predicted octanol–water partition coefficient (Wildman–Crippen LogP) is 3.73. The zero-order valence-electron chi connectivity index (χ0n) is 14.2. The van der Waals surface area contributed by atoms with Gasteiger partial charge < -0.3 is 15.0 Å². The van der Waals surface area contributed by atoms with E-state index in [0.29, 0.717) is 12.0 Å². The fourth-order valence-corrected chi connectivity index (χ4v) is 5.63. The van der Waals surface area contributed by atoms with Crippen LogP contribution in [-0.4, -0.2) is 43.6 Å². The lowest BCUT2D eigenvalue weighted by Crippen LogP contribution is -2.57. The molecule has 25 heavy (non-hydrogen) atoms. The van der Waals surface area contributed by atoms with E-state index in [2.05, 4.69) is 10.2 Å². The highest BCUT2D eigenvalue weighted by Crippen LogP contribution is 2.34. The molecule has 1 amide bonds. The highest BCUT2D eigenvalue weighted by molar-refractivity contribution is 8.01. The summed E-state index contributed by atoms with van der Waals surface area (Å²) in [5.41, 5.74) is 0. The summed E-state index contributed by atoms with van der Waals surface area (Å²) < 4.78 is 6.31. The number of benzene rings is 1. The molecule has 0 unspecified atom stereocenters. The van der Waals surface area contributed by atoms with Crippen molar-refractivity contribution in [3.8, 4) is 5.75 Å². The first-order valence-electron chi connectivity index (χ1n) is 8.66. The van der Waals surface area contributed by atoms with Gasteiger partial charge in [-0.2, -0.15) is 0 Å². The monoisotopic (exact) mass is 374 g/mol. The van der Waals surface area contributed by atoms with Crippen molar-refractivity contribution in [2.45, 2.75) is 28.0 Å². The maximum atomic E-state index is 12.6. The number of piperidine rings is 3. The minimum Gasteiger partial charge on any atom is -0.497 e. The van der Waals surface area contributed by atoms with E-state index >= 15 is 0 Å². The molecule has 3 fully saturated rings. The Hall–Kier alpha value is -1.50. The Morgan fingerprint density at radius 2 is 1.96 bits per heavy atom. The standard InChI is InChI=1S/C19H22N2O2S2/c1-23-14-2-4-15(5-3-14)24-18-7-6-17(25-18)19(22)20-16-12-21-10-8-13(16)9-11-21/h2-7,13,16H,8-12H2,1H3,(H,20,22)/t16-/m0/s1. The normalized spacial score (nSPS) is 24.9. The van der Waals surface area contributed by atoms with Gasteiger partial charge >= 0.3 is 0 Å². The molecule has 2 aromatic rings. The van der Waals surface area contributed by atoms with Crippen molar-refractivity contribution in [1.29, 1.82) is 0 Å². The first kappa shape index (κ1) is 16.9. The van der Waals surface area contributed by atoms with Crippen LogP contribution in [0.5, 0.6) is 5.75 Å². The molecular formula is C19H22N2O2S2. The van der Waals surface area contributed by atoms with Gasteiger partial charge in [0.1, 0.15) is 5.75 Å². The smallest absolute Gasteiger partial charge is 0.261 e. The Balaban J connectivity index is 1.37. The molecule has 0 aliphatic carbocycles. The molecule has 6 heteroatoms. The molecule has 3 saturated heterocycles. The topological polar surface area (TPSA) is 41.6 Å². The average molecular weight is 375 g/mol. The maximum Gasteiger partial charge on any atom is 0.261 e. The summed E-state index contributed by atoms with van der Waals surface area (Å²) in [7, 11) is 1.67. The maximum absolute atomic E-state index is 12.6. The minimum atomic E-state index is 0.0744. The van der Waals surface area contributed by atoms with Gasteiger partial charge in [-0.3, -0.25) is 4.79 Å². The van der Waals surface area contributed by atoms with Gasteiger partial charge in [0.2, 0.25) is 0 Å². The number of rotatable bonds is 5. The van der Waals surface area contributed by atoms with Crippen LogP contribution in [0.1, 0.15) is 22.5 Å². The van der Waals surface area contributed by atoms with Crippen LogP contribution in [-0.2, 0) is 0 Å². The number of carbonyl (C=O) groups is 1. The number of ether oxygens (including phenoxy) is 1. The lowest BCUT2D eigenvalue weighted by atomic mass is 9.84. The lowest BCUT2D eigenvalue weighted by Gasteiger charge is -2.44. The number of nitrogens with one attached hydrogen (secondary N) is 1. The van der Waals surface area contributed by atoms with Crippen LogP contribution in [0.2, 0.25) is 0 Å². The Morgan fingerprint density at radius 3 is 2.60 bits per heavy atom. The van der Waals surface area contributed by atoms with Gasteiger partial charge in [-0.25, -0.2) is 0 Å². The number of thiophene rings is 1. The van der Waals surface area contributed by atoms with Crippen molar-refractivity contribution in [2.75, 3.05) is 26.7 Å². The van der Waals surface area contributed by atoms with E-state index < -0.39 is 0 Å². The van der Waals surface area contributed by atoms with E-state index in [-0.39, 0.29) is 5.91 Å². The summed E-state index contributed by atoms with van der Waals surface area (Å²) in [6, 6.07) is 12.3. The van der Waals surface area contributed by atoms with Crippen molar-refractivity contribution in [3.05, 3.63) is 41.3 Å². The quantitative estimate of drug-likeness (QED) is 0.866. The molecule has 3 aliphatic rings. The summed E-state index contributed by atoms with van der Waals surface area (Å²) in [5, 5.41) is 3.26. The van der Waals surface area contributed by atoms with Gasteiger partial charge in [0.25, 0.3) is 5.91 Å². The molecule has 0 radical (unpaired) electrons. The molecule has 1 aromatic carbocycles. The molecule has 5 rings (SSSR count). The summed E-state index contributed by atoms with van der Waals surface area (Å²) in [6.45, 7) is 3.40. The Labute approximate surface area is 156 Å². The van der Waals surface area contributed by atoms with Crippen molar-refractivity contribution >= 4 is 29.0 Å². The van der Waals surface area contributed by atoms with E-state index in [4.69, 9.17) is 4.74 Å². The molecule has 1 atom stereocenters. The van der Waals surface area contributed by atoms with Crippen molar-refractivity contribution in [2.24, 2.45) is 5.92 Å². The second-order valence-corrected chi connectivity index (χ2v) is 9.07. The highest BCUT2D eigenvalue weighted by Gasteiger charge is 2.35. The van der Waals surface area contributed by atoms with Crippen LogP contribution in [0.15, 0.2) is 45.5 Å². The fraction of sp³-hybridized carbons (Fsp3) is 0.421. The Morgan fingerprint density at radius 1 is 1.20 bits per heavy atom. The second-order valence-electron chi connectivity index (χ2n) is 6.61. The third-order valence-corrected chi connectivity index (χ3v) is 7.28. The van der Waals surface area contributed by atoms with Crippen molar-refractivity contribution in [3.63, 3.8) is 0 Å². The highest BCUT2D eigenvalue weighted by atomic mass is 32.2. The molecule has 2 bridgehead atoms. The predicted molar refractivity (Wildman–Crippen MR) is 102 cm³/mol. The molecule has 0 spiro atoms. The largest absolute Gasteiger partial charge is 0.497 e. The van der Waals surface area contributed by atoms with E-state index in [1.807, 2.05) is 36.4 Å². The molecule has 4 nitrogen and oxygen atoms in total.